The molecule has 0 bridgehead atoms. The van der Waals surface area contributed by atoms with Crippen LogP contribution in [0.2, 0.25) is 5.02 Å². The Balaban J connectivity index is 1.67. The molecule has 4 rings (SSSR count). The van der Waals surface area contributed by atoms with Gasteiger partial charge in [-0.25, -0.2) is 0 Å². The van der Waals surface area contributed by atoms with Crippen molar-refractivity contribution >= 4 is 28.4 Å². The maximum Gasteiger partial charge on any atom is 0.255 e. The zero-order chi connectivity index (χ0) is 15.1. The molecule has 1 N–H and O–H groups in total. The van der Waals surface area contributed by atoms with Gasteiger partial charge in [0.15, 0.2) is 0 Å². The predicted octanol–water partition coefficient (Wildman–Crippen LogP) is 3.41. The van der Waals surface area contributed by atoms with Crippen molar-refractivity contribution in [1.82, 2.24) is 14.9 Å². The van der Waals surface area contributed by atoms with Gasteiger partial charge in [-0.3, -0.25) is 9.78 Å². The normalized spacial score (nSPS) is 14.1. The number of amides is 1. The van der Waals surface area contributed by atoms with Crippen LogP contribution in [0.3, 0.4) is 0 Å². The molecule has 0 atom stereocenters. The zero-order valence-electron chi connectivity index (χ0n) is 11.8. The van der Waals surface area contributed by atoms with Gasteiger partial charge in [0, 0.05) is 40.6 Å². The molecule has 3 heterocycles. The van der Waals surface area contributed by atoms with E-state index in [0.717, 1.165) is 28.0 Å². The van der Waals surface area contributed by atoms with E-state index in [1.807, 2.05) is 23.1 Å². The monoisotopic (exact) mass is 311 g/mol. The van der Waals surface area contributed by atoms with Crippen LogP contribution < -0.4 is 0 Å². The van der Waals surface area contributed by atoms with Crippen LogP contribution in [0.5, 0.6) is 0 Å². The Morgan fingerprint density at radius 1 is 1.32 bits per heavy atom. The first-order valence-corrected chi connectivity index (χ1v) is 7.58. The predicted molar refractivity (Wildman–Crippen MR) is 86.0 cm³/mol. The number of halogens is 1. The van der Waals surface area contributed by atoms with E-state index in [4.69, 9.17) is 11.6 Å². The first-order chi connectivity index (χ1) is 10.7. The molecule has 1 aliphatic rings. The number of benzene rings is 1. The number of nitrogens with zero attached hydrogens (tertiary/aromatic N) is 2. The van der Waals surface area contributed by atoms with Crippen molar-refractivity contribution < 1.29 is 4.79 Å². The molecule has 5 heteroatoms. The maximum atomic E-state index is 12.5. The lowest BCUT2D eigenvalue weighted by Crippen LogP contribution is -2.35. The summed E-state index contributed by atoms with van der Waals surface area (Å²) in [5, 5.41) is 1.90. The highest BCUT2D eigenvalue weighted by molar-refractivity contribution is 6.31. The number of nitrogens with one attached hydrogen (secondary N) is 1. The lowest BCUT2D eigenvalue weighted by molar-refractivity contribution is 0.0732. The second-order valence-corrected chi connectivity index (χ2v) is 5.93. The van der Waals surface area contributed by atoms with Gasteiger partial charge in [-0.2, -0.15) is 0 Å². The molecular formula is C17H14ClN3O. The van der Waals surface area contributed by atoms with Crippen LogP contribution in [-0.2, 0) is 13.0 Å². The molecular weight excluding hydrogens is 298 g/mol. The molecule has 0 spiro atoms. The van der Waals surface area contributed by atoms with Crippen LogP contribution in [0.15, 0.2) is 42.7 Å². The molecule has 1 aromatic carbocycles. The van der Waals surface area contributed by atoms with Crippen LogP contribution in [0.1, 0.15) is 21.6 Å². The fourth-order valence-corrected chi connectivity index (χ4v) is 3.23. The van der Waals surface area contributed by atoms with Crippen LogP contribution in [0, 0.1) is 0 Å². The summed E-state index contributed by atoms with van der Waals surface area (Å²) in [7, 11) is 0. The average molecular weight is 312 g/mol. The van der Waals surface area contributed by atoms with Gasteiger partial charge in [0.25, 0.3) is 5.91 Å². The van der Waals surface area contributed by atoms with E-state index in [0.29, 0.717) is 18.7 Å². The van der Waals surface area contributed by atoms with Gasteiger partial charge < -0.3 is 9.88 Å². The van der Waals surface area contributed by atoms with Gasteiger partial charge >= 0.3 is 0 Å². The summed E-state index contributed by atoms with van der Waals surface area (Å²) in [5.41, 5.74) is 4.07. The van der Waals surface area contributed by atoms with E-state index in [-0.39, 0.29) is 5.91 Å². The first-order valence-electron chi connectivity index (χ1n) is 7.20. The van der Waals surface area contributed by atoms with Crippen molar-refractivity contribution in [3.63, 3.8) is 0 Å². The lowest BCUT2D eigenvalue weighted by Gasteiger charge is -2.27. The van der Waals surface area contributed by atoms with Crippen molar-refractivity contribution in [3.05, 3.63) is 64.6 Å². The van der Waals surface area contributed by atoms with Crippen molar-refractivity contribution in [2.75, 3.05) is 6.54 Å². The molecule has 0 aliphatic carbocycles. The van der Waals surface area contributed by atoms with Crippen LogP contribution in [-0.4, -0.2) is 27.3 Å². The minimum Gasteiger partial charge on any atom is -0.357 e. The number of hydrogen-bond acceptors (Lipinski definition) is 2. The van der Waals surface area contributed by atoms with Crippen molar-refractivity contribution in [3.8, 4) is 0 Å². The molecule has 22 heavy (non-hydrogen) atoms. The Bertz CT molecular complexity index is 857. The topological polar surface area (TPSA) is 49.0 Å². The molecule has 2 aromatic heterocycles. The first kappa shape index (κ1) is 13.3. The molecule has 0 saturated heterocycles. The molecule has 3 aromatic rings. The largest absolute Gasteiger partial charge is 0.357 e. The van der Waals surface area contributed by atoms with E-state index in [1.54, 1.807) is 24.5 Å². The zero-order valence-corrected chi connectivity index (χ0v) is 12.6. The number of fused-ring (bicyclic) bond motifs is 3. The highest BCUT2D eigenvalue weighted by Crippen LogP contribution is 2.30. The van der Waals surface area contributed by atoms with Crippen molar-refractivity contribution in [2.45, 2.75) is 13.0 Å². The number of hydrogen-bond donors (Lipinski definition) is 1. The van der Waals surface area contributed by atoms with Gasteiger partial charge in [0.1, 0.15) is 0 Å². The molecule has 0 saturated carbocycles. The molecule has 1 amide bonds. The Labute approximate surface area is 132 Å². The summed E-state index contributed by atoms with van der Waals surface area (Å²) >= 11 is 6.09. The number of carbonyl (C=O) groups is 1. The Kier molecular flexibility index (Phi) is 3.12. The van der Waals surface area contributed by atoms with Crippen LogP contribution >= 0.6 is 11.6 Å². The van der Waals surface area contributed by atoms with Gasteiger partial charge in [-0.1, -0.05) is 11.6 Å². The number of pyridine rings is 1. The number of carbonyl (C=O) groups excluding carboxylic acids is 1. The van der Waals surface area contributed by atoms with Gasteiger partial charge in [-0.15, -0.1) is 0 Å². The van der Waals surface area contributed by atoms with Crippen LogP contribution in [0.4, 0.5) is 0 Å². The molecule has 0 unspecified atom stereocenters. The highest BCUT2D eigenvalue weighted by atomic mass is 35.5. The quantitative estimate of drug-likeness (QED) is 0.748. The second-order valence-electron chi connectivity index (χ2n) is 5.49. The molecule has 1 aliphatic heterocycles. The number of aromatic nitrogens is 2. The Morgan fingerprint density at radius 3 is 3.05 bits per heavy atom. The minimum absolute atomic E-state index is 0.0236. The smallest absolute Gasteiger partial charge is 0.255 e. The van der Waals surface area contributed by atoms with E-state index in [2.05, 4.69) is 9.97 Å². The maximum absolute atomic E-state index is 12.5. The summed E-state index contributed by atoms with van der Waals surface area (Å²) in [6, 6.07) is 9.45. The fourth-order valence-electron chi connectivity index (χ4n) is 3.06. The highest BCUT2D eigenvalue weighted by Gasteiger charge is 2.24. The molecule has 0 radical (unpaired) electrons. The van der Waals surface area contributed by atoms with Gasteiger partial charge in [-0.05, 0) is 42.3 Å². The molecule has 0 fully saturated rings. The van der Waals surface area contributed by atoms with E-state index >= 15 is 0 Å². The third kappa shape index (κ3) is 2.16. The molecule has 4 nitrogen and oxygen atoms in total. The summed E-state index contributed by atoms with van der Waals surface area (Å²) < 4.78 is 0. The number of aromatic amines is 1. The standard InChI is InChI=1S/C17H14ClN3O/c18-12-3-4-15-14(8-12)13-5-7-21(10-16(13)20-15)17(22)11-2-1-6-19-9-11/h1-4,6,8-9,20H,5,7,10H2. The van der Waals surface area contributed by atoms with Crippen LogP contribution in [0.25, 0.3) is 10.9 Å². The Hall–Kier alpha value is -2.33. The van der Waals surface area contributed by atoms with Gasteiger partial charge in [0.05, 0.1) is 12.1 Å². The molecule has 110 valence electrons. The summed E-state index contributed by atoms with van der Waals surface area (Å²) in [5.74, 6) is 0.0236. The second kappa shape index (κ2) is 5.14. The van der Waals surface area contributed by atoms with Crippen molar-refractivity contribution in [1.29, 1.82) is 0 Å². The third-order valence-electron chi connectivity index (χ3n) is 4.13. The summed E-state index contributed by atoms with van der Waals surface area (Å²) in [4.78, 5) is 21.8. The van der Waals surface area contributed by atoms with Crippen molar-refractivity contribution in [2.24, 2.45) is 0 Å². The third-order valence-corrected chi connectivity index (χ3v) is 4.37. The van der Waals surface area contributed by atoms with E-state index in [9.17, 15) is 4.79 Å². The fraction of sp³-hybridized carbons (Fsp3) is 0.176. The van der Waals surface area contributed by atoms with Gasteiger partial charge in [0.2, 0.25) is 0 Å². The average Bonchev–Trinajstić information content (AvgIpc) is 2.92. The number of rotatable bonds is 1. The van der Waals surface area contributed by atoms with E-state index < -0.39 is 0 Å². The lowest BCUT2D eigenvalue weighted by atomic mass is 10.0. The Morgan fingerprint density at radius 2 is 2.23 bits per heavy atom. The van der Waals surface area contributed by atoms with E-state index in [1.165, 1.54) is 5.56 Å². The SMILES string of the molecule is O=C(c1cccnc1)N1CCc2c([nH]c3ccc(Cl)cc23)C1. The summed E-state index contributed by atoms with van der Waals surface area (Å²) in [6.45, 7) is 1.30. The summed E-state index contributed by atoms with van der Waals surface area (Å²) in [6.07, 6.45) is 4.12. The number of H-pyrrole nitrogens is 1. The minimum atomic E-state index is 0.0236.